The van der Waals surface area contributed by atoms with Gasteiger partial charge < -0.3 is 5.11 Å². The van der Waals surface area contributed by atoms with Crippen LogP contribution >= 0.6 is 22.6 Å². The zero-order chi connectivity index (χ0) is 13.2. The highest BCUT2D eigenvalue weighted by Gasteiger charge is 2.18. The highest BCUT2D eigenvalue weighted by Crippen LogP contribution is 2.18. The number of hydrogen-bond acceptors (Lipinski definition) is 3. The van der Waals surface area contributed by atoms with Gasteiger partial charge in [-0.2, -0.15) is 5.10 Å². The van der Waals surface area contributed by atoms with Crippen molar-refractivity contribution < 1.29 is 5.11 Å². The van der Waals surface area contributed by atoms with Gasteiger partial charge in [0, 0.05) is 37.4 Å². The molecule has 0 fully saturated rings. The Labute approximate surface area is 117 Å². The van der Waals surface area contributed by atoms with Crippen molar-refractivity contribution in [1.29, 1.82) is 0 Å². The fourth-order valence-electron chi connectivity index (χ4n) is 1.79. The summed E-state index contributed by atoms with van der Waals surface area (Å²) in [5.41, 5.74) is 2.47. The Hall–Kier alpha value is -0.140. The molecule has 0 spiro atoms. The van der Waals surface area contributed by atoms with Crippen LogP contribution in [-0.2, 0) is 13.6 Å². The molecule has 17 heavy (non-hydrogen) atoms. The zero-order valence-corrected chi connectivity index (χ0v) is 13.4. The van der Waals surface area contributed by atoms with E-state index >= 15 is 0 Å². The summed E-state index contributed by atoms with van der Waals surface area (Å²) in [5, 5.41) is 13.9. The molecule has 0 bridgehead atoms. The number of aromatic nitrogens is 2. The van der Waals surface area contributed by atoms with E-state index in [-0.39, 0.29) is 6.10 Å². The highest BCUT2D eigenvalue weighted by molar-refractivity contribution is 14.1. The van der Waals surface area contributed by atoms with Crippen molar-refractivity contribution in [3.8, 4) is 0 Å². The SMILES string of the molecule is Cc1c(CN(CC(C)O)C(C)C)c(I)nn1C. The lowest BCUT2D eigenvalue weighted by Crippen LogP contribution is -2.36. The van der Waals surface area contributed by atoms with Gasteiger partial charge in [0.2, 0.25) is 0 Å². The van der Waals surface area contributed by atoms with Gasteiger partial charge in [0.05, 0.1) is 6.10 Å². The predicted octanol–water partition coefficient (Wildman–Crippen LogP) is 1.92. The molecule has 0 saturated heterocycles. The van der Waals surface area contributed by atoms with Crippen molar-refractivity contribution in [1.82, 2.24) is 14.7 Å². The largest absolute Gasteiger partial charge is 0.392 e. The van der Waals surface area contributed by atoms with Gasteiger partial charge >= 0.3 is 0 Å². The highest BCUT2D eigenvalue weighted by atomic mass is 127. The van der Waals surface area contributed by atoms with Gasteiger partial charge in [0.15, 0.2) is 0 Å². The summed E-state index contributed by atoms with van der Waals surface area (Å²) in [6.07, 6.45) is -0.299. The normalized spacial score (nSPS) is 13.7. The number of aryl methyl sites for hydroxylation is 1. The van der Waals surface area contributed by atoms with Gasteiger partial charge in [-0.05, 0) is 50.3 Å². The van der Waals surface area contributed by atoms with Gasteiger partial charge in [-0.3, -0.25) is 9.58 Å². The molecule has 1 unspecified atom stereocenters. The standard InChI is InChI=1S/C12H22IN3O/c1-8(2)16(6-9(3)17)7-11-10(4)15(5)14-12(11)13/h8-9,17H,6-7H2,1-5H3. The molecular formula is C12H22IN3O. The van der Waals surface area contributed by atoms with Crippen LogP contribution in [0.15, 0.2) is 0 Å². The molecule has 4 nitrogen and oxygen atoms in total. The van der Waals surface area contributed by atoms with E-state index in [2.05, 4.69) is 53.4 Å². The first kappa shape index (κ1) is 14.9. The van der Waals surface area contributed by atoms with E-state index in [1.54, 1.807) is 0 Å². The van der Waals surface area contributed by atoms with Gasteiger partial charge in [0.25, 0.3) is 0 Å². The van der Waals surface area contributed by atoms with Crippen molar-refractivity contribution in [3.63, 3.8) is 0 Å². The molecule has 0 aliphatic heterocycles. The molecule has 1 aromatic heterocycles. The van der Waals surface area contributed by atoms with E-state index in [1.165, 1.54) is 11.3 Å². The average Bonchev–Trinajstić information content (AvgIpc) is 2.43. The summed E-state index contributed by atoms with van der Waals surface area (Å²) in [6, 6.07) is 0.417. The summed E-state index contributed by atoms with van der Waals surface area (Å²) in [7, 11) is 1.97. The number of hydrogen-bond donors (Lipinski definition) is 1. The Morgan fingerprint density at radius 3 is 2.35 bits per heavy atom. The Balaban J connectivity index is 2.86. The van der Waals surface area contributed by atoms with E-state index in [0.29, 0.717) is 12.6 Å². The monoisotopic (exact) mass is 351 g/mol. The molecule has 98 valence electrons. The fourth-order valence-corrected chi connectivity index (χ4v) is 2.68. The van der Waals surface area contributed by atoms with Crippen LogP contribution in [0, 0.1) is 10.6 Å². The van der Waals surface area contributed by atoms with Crippen molar-refractivity contribution in [2.24, 2.45) is 7.05 Å². The predicted molar refractivity (Wildman–Crippen MR) is 77.9 cm³/mol. The first-order valence-electron chi connectivity index (χ1n) is 5.93. The summed E-state index contributed by atoms with van der Waals surface area (Å²) >= 11 is 2.28. The maximum Gasteiger partial charge on any atom is 0.128 e. The van der Waals surface area contributed by atoms with E-state index < -0.39 is 0 Å². The molecule has 1 N–H and O–H groups in total. The molecule has 1 heterocycles. The summed E-state index contributed by atoms with van der Waals surface area (Å²) < 4.78 is 2.97. The second-order valence-corrected chi connectivity index (χ2v) is 5.87. The van der Waals surface area contributed by atoms with E-state index in [0.717, 1.165) is 10.2 Å². The Morgan fingerprint density at radius 1 is 1.41 bits per heavy atom. The maximum absolute atomic E-state index is 9.53. The minimum absolute atomic E-state index is 0.299. The number of aliphatic hydroxyl groups excluding tert-OH is 1. The molecule has 0 radical (unpaired) electrons. The molecule has 0 aliphatic carbocycles. The lowest BCUT2D eigenvalue weighted by Gasteiger charge is -2.27. The topological polar surface area (TPSA) is 41.3 Å². The molecule has 0 aromatic carbocycles. The van der Waals surface area contributed by atoms with Crippen LogP contribution in [-0.4, -0.2) is 38.5 Å². The van der Waals surface area contributed by atoms with Crippen LogP contribution in [0.5, 0.6) is 0 Å². The molecular weight excluding hydrogens is 329 g/mol. The summed E-state index contributed by atoms with van der Waals surface area (Å²) in [4.78, 5) is 2.27. The molecule has 1 atom stereocenters. The van der Waals surface area contributed by atoms with Crippen LogP contribution in [0.2, 0.25) is 0 Å². The molecule has 5 heteroatoms. The molecule has 0 saturated carbocycles. The van der Waals surface area contributed by atoms with Crippen LogP contribution < -0.4 is 0 Å². The second-order valence-electron chi connectivity index (χ2n) is 4.85. The lowest BCUT2D eigenvalue weighted by atomic mass is 10.2. The summed E-state index contributed by atoms with van der Waals surface area (Å²) in [6.45, 7) is 9.77. The quantitative estimate of drug-likeness (QED) is 0.825. The van der Waals surface area contributed by atoms with E-state index in [9.17, 15) is 5.11 Å². The average molecular weight is 351 g/mol. The molecule has 1 rings (SSSR count). The van der Waals surface area contributed by atoms with Crippen molar-refractivity contribution in [3.05, 3.63) is 15.0 Å². The van der Waals surface area contributed by atoms with E-state index in [1.807, 2.05) is 18.7 Å². The van der Waals surface area contributed by atoms with Crippen LogP contribution in [0.4, 0.5) is 0 Å². The number of nitrogens with zero attached hydrogens (tertiary/aromatic N) is 3. The van der Waals surface area contributed by atoms with Gasteiger partial charge in [-0.25, -0.2) is 0 Å². The Morgan fingerprint density at radius 2 is 2.00 bits per heavy atom. The molecule has 0 amide bonds. The third-order valence-corrected chi connectivity index (χ3v) is 3.87. The van der Waals surface area contributed by atoms with Crippen molar-refractivity contribution in [2.45, 2.75) is 46.4 Å². The van der Waals surface area contributed by atoms with Crippen molar-refractivity contribution >= 4 is 22.6 Å². The third kappa shape index (κ3) is 3.93. The maximum atomic E-state index is 9.53. The third-order valence-electron chi connectivity index (χ3n) is 3.00. The van der Waals surface area contributed by atoms with Gasteiger partial charge in [-0.1, -0.05) is 0 Å². The summed E-state index contributed by atoms with van der Waals surface area (Å²) in [5.74, 6) is 0. The second kappa shape index (κ2) is 6.15. The number of halogens is 1. The smallest absolute Gasteiger partial charge is 0.128 e. The number of rotatable bonds is 5. The number of aliphatic hydroxyl groups is 1. The Bertz CT molecular complexity index is 374. The van der Waals surface area contributed by atoms with Crippen LogP contribution in [0.25, 0.3) is 0 Å². The minimum atomic E-state index is -0.299. The van der Waals surface area contributed by atoms with Crippen molar-refractivity contribution in [2.75, 3.05) is 6.54 Å². The first-order chi connectivity index (χ1) is 7.82. The zero-order valence-electron chi connectivity index (χ0n) is 11.2. The first-order valence-corrected chi connectivity index (χ1v) is 7.00. The molecule has 0 aliphatic rings. The van der Waals surface area contributed by atoms with Crippen LogP contribution in [0.1, 0.15) is 32.0 Å². The van der Waals surface area contributed by atoms with E-state index in [4.69, 9.17) is 0 Å². The molecule has 1 aromatic rings. The minimum Gasteiger partial charge on any atom is -0.392 e. The Kier molecular flexibility index (Phi) is 5.40. The van der Waals surface area contributed by atoms with Gasteiger partial charge in [0.1, 0.15) is 3.70 Å². The fraction of sp³-hybridized carbons (Fsp3) is 0.750. The lowest BCUT2D eigenvalue weighted by molar-refractivity contribution is 0.102. The van der Waals surface area contributed by atoms with Crippen LogP contribution in [0.3, 0.4) is 0 Å². The van der Waals surface area contributed by atoms with Gasteiger partial charge in [-0.15, -0.1) is 0 Å².